The quantitative estimate of drug-likeness (QED) is 0.626. The lowest BCUT2D eigenvalue weighted by Gasteiger charge is -2.15. The minimum atomic E-state index is 0.0101. The second-order valence-corrected chi connectivity index (χ2v) is 8.21. The lowest BCUT2D eigenvalue weighted by molar-refractivity contribution is -0.119. The van der Waals surface area contributed by atoms with Crippen LogP contribution in [0.4, 0.5) is 5.13 Å². The van der Waals surface area contributed by atoms with Crippen LogP contribution in [0.3, 0.4) is 0 Å². The second-order valence-electron chi connectivity index (χ2n) is 7.23. The van der Waals surface area contributed by atoms with Crippen molar-refractivity contribution in [3.8, 4) is 11.4 Å². The highest BCUT2D eigenvalue weighted by molar-refractivity contribution is 7.22. The molecule has 0 saturated heterocycles. The number of thiazole rings is 1. The van der Waals surface area contributed by atoms with Crippen molar-refractivity contribution in [1.82, 2.24) is 20.1 Å². The standard InChI is InChI=1S/C20H27N5O2S/c1-13(2)10-11-21-17(26)12-24(4)20-22-19-18(28-20)14(3)23-25(19)15-6-8-16(27-5)9-7-15/h6-9,13H,10-12H2,1-5H3,(H,21,26). The molecule has 0 unspecified atom stereocenters. The van der Waals surface area contributed by atoms with Gasteiger partial charge in [-0.2, -0.15) is 10.1 Å². The minimum Gasteiger partial charge on any atom is -0.497 e. The Morgan fingerprint density at radius 2 is 2.04 bits per heavy atom. The highest BCUT2D eigenvalue weighted by atomic mass is 32.1. The summed E-state index contributed by atoms with van der Waals surface area (Å²) in [6.45, 7) is 7.25. The van der Waals surface area contributed by atoms with E-state index in [0.717, 1.165) is 39.0 Å². The van der Waals surface area contributed by atoms with Crippen molar-refractivity contribution in [2.24, 2.45) is 5.92 Å². The molecule has 1 N–H and O–H groups in total. The first kappa shape index (κ1) is 20.1. The summed E-state index contributed by atoms with van der Waals surface area (Å²) >= 11 is 1.55. The maximum absolute atomic E-state index is 12.2. The second kappa shape index (κ2) is 8.60. The van der Waals surface area contributed by atoms with Crippen molar-refractivity contribution in [3.05, 3.63) is 30.0 Å². The lowest BCUT2D eigenvalue weighted by Crippen LogP contribution is -2.35. The molecule has 0 radical (unpaired) electrons. The number of hydrogen-bond acceptors (Lipinski definition) is 6. The summed E-state index contributed by atoms with van der Waals surface area (Å²) in [4.78, 5) is 18.8. The van der Waals surface area contributed by atoms with E-state index >= 15 is 0 Å². The highest BCUT2D eigenvalue weighted by Gasteiger charge is 2.18. The zero-order valence-electron chi connectivity index (χ0n) is 17.0. The number of ether oxygens (including phenoxy) is 1. The molecule has 0 saturated carbocycles. The molecule has 0 fully saturated rings. The Kier molecular flexibility index (Phi) is 6.18. The summed E-state index contributed by atoms with van der Waals surface area (Å²) in [7, 11) is 3.53. The van der Waals surface area contributed by atoms with Crippen LogP contribution in [0.1, 0.15) is 26.0 Å². The van der Waals surface area contributed by atoms with Crippen LogP contribution in [0.2, 0.25) is 0 Å². The van der Waals surface area contributed by atoms with Gasteiger partial charge < -0.3 is 15.0 Å². The Morgan fingerprint density at radius 1 is 1.32 bits per heavy atom. The zero-order chi connectivity index (χ0) is 20.3. The van der Waals surface area contributed by atoms with Crippen molar-refractivity contribution in [2.75, 3.05) is 32.1 Å². The Labute approximate surface area is 169 Å². The molecular formula is C20H27N5O2S. The number of benzene rings is 1. The van der Waals surface area contributed by atoms with E-state index < -0.39 is 0 Å². The Hall–Kier alpha value is -2.61. The molecule has 7 nitrogen and oxygen atoms in total. The van der Waals surface area contributed by atoms with Crippen molar-refractivity contribution < 1.29 is 9.53 Å². The predicted octanol–water partition coefficient (Wildman–Crippen LogP) is 3.40. The van der Waals surface area contributed by atoms with Gasteiger partial charge >= 0.3 is 0 Å². The Morgan fingerprint density at radius 3 is 2.68 bits per heavy atom. The molecule has 8 heteroatoms. The maximum Gasteiger partial charge on any atom is 0.239 e. The Bertz CT molecular complexity index is 946. The van der Waals surface area contributed by atoms with Gasteiger partial charge in [0.05, 0.1) is 29.7 Å². The molecule has 3 rings (SSSR count). The minimum absolute atomic E-state index is 0.0101. The molecule has 0 aliphatic rings. The molecule has 0 bridgehead atoms. The van der Waals surface area contributed by atoms with Gasteiger partial charge in [-0.15, -0.1) is 0 Å². The fraction of sp³-hybridized carbons (Fsp3) is 0.450. The molecule has 3 aromatic rings. The van der Waals surface area contributed by atoms with Crippen LogP contribution in [0.25, 0.3) is 16.0 Å². The van der Waals surface area contributed by atoms with Crippen LogP contribution in [0.15, 0.2) is 24.3 Å². The molecule has 0 aliphatic heterocycles. The van der Waals surface area contributed by atoms with Crippen LogP contribution in [0.5, 0.6) is 5.75 Å². The van der Waals surface area contributed by atoms with Gasteiger partial charge in [0.15, 0.2) is 10.8 Å². The fourth-order valence-electron chi connectivity index (χ4n) is 2.83. The van der Waals surface area contributed by atoms with Crippen LogP contribution in [-0.2, 0) is 4.79 Å². The number of nitrogens with zero attached hydrogens (tertiary/aromatic N) is 4. The number of rotatable bonds is 8. The summed E-state index contributed by atoms with van der Waals surface area (Å²) < 4.78 is 8.08. The average Bonchev–Trinajstić information content (AvgIpc) is 3.22. The van der Waals surface area contributed by atoms with Gasteiger partial charge in [0.1, 0.15) is 5.75 Å². The van der Waals surface area contributed by atoms with Crippen molar-refractivity contribution in [1.29, 1.82) is 0 Å². The van der Waals surface area contributed by atoms with Gasteiger partial charge in [-0.1, -0.05) is 25.2 Å². The predicted molar refractivity (Wildman–Crippen MR) is 114 cm³/mol. The fourth-order valence-corrected chi connectivity index (χ4v) is 3.78. The number of carbonyl (C=O) groups is 1. The van der Waals surface area contributed by atoms with Crippen LogP contribution >= 0.6 is 11.3 Å². The number of carbonyl (C=O) groups excluding carboxylic acids is 1. The van der Waals surface area contributed by atoms with Gasteiger partial charge in [0.25, 0.3) is 0 Å². The number of fused-ring (bicyclic) bond motifs is 1. The first-order chi connectivity index (χ1) is 13.4. The van der Waals surface area contributed by atoms with Crippen LogP contribution < -0.4 is 15.0 Å². The molecule has 0 atom stereocenters. The normalized spacial score (nSPS) is 11.2. The number of methoxy groups -OCH3 is 1. The third kappa shape index (κ3) is 4.44. The first-order valence-electron chi connectivity index (χ1n) is 9.37. The SMILES string of the molecule is COc1ccc(-n2nc(C)c3sc(N(C)CC(=O)NCCC(C)C)nc32)cc1. The maximum atomic E-state index is 12.2. The summed E-state index contributed by atoms with van der Waals surface area (Å²) in [6.07, 6.45) is 0.980. The summed E-state index contributed by atoms with van der Waals surface area (Å²) in [5, 5.41) is 8.39. The van der Waals surface area contributed by atoms with E-state index in [1.54, 1.807) is 18.4 Å². The number of amides is 1. The van der Waals surface area contributed by atoms with Gasteiger partial charge in [-0.25, -0.2) is 4.68 Å². The Balaban J connectivity index is 1.77. The van der Waals surface area contributed by atoms with Crippen molar-refractivity contribution in [3.63, 3.8) is 0 Å². The van der Waals surface area contributed by atoms with E-state index in [2.05, 4.69) is 24.3 Å². The lowest BCUT2D eigenvalue weighted by atomic mass is 10.1. The van der Waals surface area contributed by atoms with Crippen LogP contribution in [0, 0.1) is 12.8 Å². The highest BCUT2D eigenvalue weighted by Crippen LogP contribution is 2.32. The van der Waals surface area contributed by atoms with Gasteiger partial charge in [-0.05, 0) is 43.5 Å². The monoisotopic (exact) mass is 401 g/mol. The van der Waals surface area contributed by atoms with E-state index in [0.29, 0.717) is 12.5 Å². The summed E-state index contributed by atoms with van der Waals surface area (Å²) in [5.41, 5.74) is 2.64. The number of aromatic nitrogens is 3. The number of aryl methyl sites for hydroxylation is 1. The molecule has 150 valence electrons. The van der Waals surface area contributed by atoms with Crippen molar-refractivity contribution >= 4 is 32.7 Å². The number of anilines is 1. The molecule has 0 aliphatic carbocycles. The number of hydrogen-bond donors (Lipinski definition) is 1. The van der Waals surface area contributed by atoms with E-state index in [1.807, 2.05) is 47.8 Å². The number of likely N-dealkylation sites (N-methyl/N-ethyl adjacent to an activating group) is 1. The van der Waals surface area contributed by atoms with E-state index in [-0.39, 0.29) is 12.5 Å². The molecule has 28 heavy (non-hydrogen) atoms. The number of nitrogens with one attached hydrogen (secondary N) is 1. The molecule has 0 spiro atoms. The average molecular weight is 402 g/mol. The first-order valence-corrected chi connectivity index (χ1v) is 10.2. The third-order valence-corrected chi connectivity index (χ3v) is 5.71. The van der Waals surface area contributed by atoms with Gasteiger partial charge in [0, 0.05) is 13.6 Å². The van der Waals surface area contributed by atoms with Crippen molar-refractivity contribution in [2.45, 2.75) is 27.2 Å². The smallest absolute Gasteiger partial charge is 0.239 e. The van der Waals surface area contributed by atoms with Crippen LogP contribution in [-0.4, -0.2) is 47.9 Å². The van der Waals surface area contributed by atoms with Gasteiger partial charge in [0.2, 0.25) is 5.91 Å². The third-order valence-electron chi connectivity index (χ3n) is 4.45. The van der Waals surface area contributed by atoms with E-state index in [1.165, 1.54) is 0 Å². The topological polar surface area (TPSA) is 72.3 Å². The largest absolute Gasteiger partial charge is 0.497 e. The molecule has 2 aromatic heterocycles. The molecule has 1 aromatic carbocycles. The summed E-state index contributed by atoms with van der Waals surface area (Å²) in [5.74, 6) is 1.38. The van der Waals surface area contributed by atoms with E-state index in [4.69, 9.17) is 9.72 Å². The summed E-state index contributed by atoms with van der Waals surface area (Å²) in [6, 6.07) is 7.71. The van der Waals surface area contributed by atoms with Gasteiger partial charge in [-0.3, -0.25) is 4.79 Å². The zero-order valence-corrected chi connectivity index (χ0v) is 17.8. The molecule has 2 heterocycles. The molecular weight excluding hydrogens is 374 g/mol. The molecule has 1 amide bonds. The van der Waals surface area contributed by atoms with E-state index in [9.17, 15) is 4.79 Å².